The average Bonchev–Trinajstić information content (AvgIpc) is 1.59. The quantitative estimate of drug-likeness (QED) is 0.554. The Labute approximate surface area is 82.6 Å². The molecule has 0 aromatic carbocycles. The Balaban J connectivity index is 3.98. The van der Waals surface area contributed by atoms with E-state index in [2.05, 4.69) is 39.5 Å². The van der Waals surface area contributed by atoms with Crippen molar-refractivity contribution in [3.05, 3.63) is 0 Å². The molecular formula is C8H18NNa. The number of rotatable bonds is 3. The van der Waals surface area contributed by atoms with Crippen molar-refractivity contribution in [2.75, 3.05) is 0 Å². The molecular weight excluding hydrogens is 133 g/mol. The van der Waals surface area contributed by atoms with Crippen LogP contribution in [0.1, 0.15) is 34.6 Å². The molecule has 0 aliphatic carbocycles. The summed E-state index contributed by atoms with van der Waals surface area (Å²) in [4.78, 5) is 2.56. The molecule has 0 fully saturated rings. The zero-order chi connectivity index (χ0) is 8.31. The van der Waals surface area contributed by atoms with Gasteiger partial charge in [0, 0.05) is 0 Å². The predicted octanol–water partition coefficient (Wildman–Crippen LogP) is 1.62. The molecule has 2 heteroatoms. The number of nitrogens with zero attached hydrogens (tertiary/aromatic N) is 1. The van der Waals surface area contributed by atoms with Gasteiger partial charge in [0.1, 0.15) is 0 Å². The van der Waals surface area contributed by atoms with Crippen LogP contribution in [-0.2, 0) is 0 Å². The summed E-state index contributed by atoms with van der Waals surface area (Å²) in [5.41, 5.74) is 0. The van der Waals surface area contributed by atoms with E-state index in [1.165, 1.54) is 27.9 Å². The molecule has 0 aliphatic rings. The summed E-state index contributed by atoms with van der Waals surface area (Å²) >= 11 is 1.27. The van der Waals surface area contributed by atoms with E-state index >= 15 is 0 Å². The predicted molar refractivity (Wildman–Crippen MR) is 47.3 cm³/mol. The van der Waals surface area contributed by atoms with Crippen LogP contribution >= 0.6 is 0 Å². The van der Waals surface area contributed by atoms with Gasteiger partial charge in [-0.05, 0) is 0 Å². The molecule has 10 heavy (non-hydrogen) atoms. The first kappa shape index (κ1) is 11.0. The molecule has 0 spiro atoms. The molecule has 0 aliphatic heterocycles. The monoisotopic (exact) mass is 151 g/mol. The summed E-state index contributed by atoms with van der Waals surface area (Å²) in [6.45, 7) is 11.4. The zero-order valence-corrected chi connectivity index (χ0v) is 10.2. The molecule has 0 rings (SSSR count). The van der Waals surface area contributed by atoms with Gasteiger partial charge in [-0.25, -0.2) is 0 Å². The maximum absolute atomic E-state index is 2.56. The van der Waals surface area contributed by atoms with Gasteiger partial charge in [-0.2, -0.15) is 0 Å². The number of hydrogen-bond donors (Lipinski definition) is 0. The number of hydrogen-bond acceptors (Lipinski definition) is 1. The molecule has 0 aromatic heterocycles. The summed E-state index contributed by atoms with van der Waals surface area (Å²) in [5, 5.41) is 0. The fraction of sp³-hybridized carbons (Fsp3) is 1.00. The van der Waals surface area contributed by atoms with Crippen LogP contribution in [0.15, 0.2) is 0 Å². The Morgan fingerprint density at radius 1 is 0.900 bits per heavy atom. The summed E-state index contributed by atoms with van der Waals surface area (Å²) in [7, 11) is 0. The first-order valence-electron chi connectivity index (χ1n) is 4.24. The van der Waals surface area contributed by atoms with Gasteiger partial charge in [0.05, 0.1) is 0 Å². The Hall–Kier alpha value is 0.960. The van der Waals surface area contributed by atoms with E-state index in [-0.39, 0.29) is 0 Å². The Morgan fingerprint density at radius 2 is 1.20 bits per heavy atom. The van der Waals surface area contributed by atoms with Gasteiger partial charge in [-0.15, -0.1) is 0 Å². The van der Waals surface area contributed by atoms with Crippen LogP contribution in [0.3, 0.4) is 0 Å². The Bertz CT molecular complexity index is 70.2. The van der Waals surface area contributed by atoms with E-state index in [9.17, 15) is 0 Å². The molecule has 0 N–H and O–H groups in total. The van der Waals surface area contributed by atoms with E-state index in [4.69, 9.17) is 0 Å². The molecule has 1 nitrogen and oxygen atoms in total. The molecule has 0 saturated carbocycles. The third kappa shape index (κ3) is 3.38. The van der Waals surface area contributed by atoms with Gasteiger partial charge in [0.25, 0.3) is 0 Å². The second-order valence-corrected chi connectivity index (χ2v) is 5.40. The van der Waals surface area contributed by atoms with E-state index in [1.54, 1.807) is 0 Å². The third-order valence-corrected chi connectivity index (χ3v) is 2.39. The summed E-state index contributed by atoms with van der Waals surface area (Å²) in [6.07, 6.45) is 0. The van der Waals surface area contributed by atoms with Crippen LogP contribution in [0.2, 0.25) is 0 Å². The summed E-state index contributed by atoms with van der Waals surface area (Å²) < 4.78 is 0.806. The van der Waals surface area contributed by atoms with Crippen molar-refractivity contribution in [1.82, 2.24) is 4.90 Å². The second-order valence-electron chi connectivity index (χ2n) is 3.73. The SMILES string of the molecule is CC(C)N(C(C)C)[CH](C)[Na]. The molecule has 56 valence electrons. The van der Waals surface area contributed by atoms with Crippen LogP contribution in [0.5, 0.6) is 0 Å². The molecule has 0 aromatic rings. The van der Waals surface area contributed by atoms with Crippen LogP contribution in [0, 0.1) is 0 Å². The topological polar surface area (TPSA) is 3.24 Å². The van der Waals surface area contributed by atoms with E-state index in [1.807, 2.05) is 0 Å². The molecule has 0 heterocycles. The van der Waals surface area contributed by atoms with E-state index in [0.717, 1.165) is 3.29 Å². The van der Waals surface area contributed by atoms with Gasteiger partial charge in [0.15, 0.2) is 0 Å². The van der Waals surface area contributed by atoms with Crippen LogP contribution in [0.4, 0.5) is 0 Å². The zero-order valence-electron chi connectivity index (χ0n) is 8.18. The van der Waals surface area contributed by atoms with Crippen molar-refractivity contribution >= 4 is 27.9 Å². The van der Waals surface area contributed by atoms with E-state index < -0.39 is 0 Å². The normalized spacial score (nSPS) is 15.4. The molecule has 0 saturated heterocycles. The minimum atomic E-state index is 0.701. The Kier molecular flexibility index (Phi) is 5.22. The van der Waals surface area contributed by atoms with Crippen LogP contribution < -0.4 is 0 Å². The fourth-order valence-corrected chi connectivity index (χ4v) is 2.98. The summed E-state index contributed by atoms with van der Waals surface area (Å²) in [5.74, 6) is 0. The van der Waals surface area contributed by atoms with Crippen molar-refractivity contribution in [2.24, 2.45) is 0 Å². The van der Waals surface area contributed by atoms with Crippen molar-refractivity contribution < 1.29 is 0 Å². The van der Waals surface area contributed by atoms with Crippen molar-refractivity contribution in [3.8, 4) is 0 Å². The maximum atomic E-state index is 2.56. The molecule has 0 amide bonds. The van der Waals surface area contributed by atoms with Crippen molar-refractivity contribution in [1.29, 1.82) is 0 Å². The molecule has 0 bridgehead atoms. The minimum absolute atomic E-state index is 0.701. The Morgan fingerprint density at radius 3 is 1.20 bits per heavy atom. The van der Waals surface area contributed by atoms with E-state index in [0.29, 0.717) is 12.1 Å². The molecule has 1 atom stereocenters. The first-order valence-corrected chi connectivity index (χ1v) is 5.39. The van der Waals surface area contributed by atoms with Crippen molar-refractivity contribution in [3.63, 3.8) is 0 Å². The first-order chi connectivity index (χ1) is 4.46. The second kappa shape index (κ2) is 4.76. The van der Waals surface area contributed by atoms with Gasteiger partial charge in [0.2, 0.25) is 0 Å². The van der Waals surface area contributed by atoms with Gasteiger partial charge in [-0.1, -0.05) is 0 Å². The van der Waals surface area contributed by atoms with Crippen molar-refractivity contribution in [2.45, 2.75) is 50.0 Å². The standard InChI is InChI=1S/C8H18N.Na/c1-6-9(7(2)3)8(4)5;/h6-8H,1-5H3;. The van der Waals surface area contributed by atoms with Gasteiger partial charge < -0.3 is 0 Å². The molecule has 0 radical (unpaired) electrons. The van der Waals surface area contributed by atoms with Crippen LogP contribution in [-0.4, -0.2) is 48.2 Å². The molecule has 1 unspecified atom stereocenters. The fourth-order valence-electron chi connectivity index (χ4n) is 1.79. The van der Waals surface area contributed by atoms with Gasteiger partial charge in [-0.3, -0.25) is 0 Å². The van der Waals surface area contributed by atoms with Crippen LogP contribution in [0.25, 0.3) is 0 Å². The average molecular weight is 151 g/mol. The van der Waals surface area contributed by atoms with Gasteiger partial charge >= 0.3 is 82.8 Å². The summed E-state index contributed by atoms with van der Waals surface area (Å²) in [6, 6.07) is 1.40. The third-order valence-electron chi connectivity index (χ3n) is 1.79.